The van der Waals surface area contributed by atoms with Crippen molar-refractivity contribution in [1.82, 2.24) is 4.90 Å². The monoisotopic (exact) mass is 348 g/mol. The van der Waals surface area contributed by atoms with Gasteiger partial charge in [0.05, 0.1) is 19.9 Å². The van der Waals surface area contributed by atoms with Crippen molar-refractivity contribution in [2.75, 3.05) is 38.8 Å². The summed E-state index contributed by atoms with van der Waals surface area (Å²) in [6, 6.07) is 5.17. The van der Waals surface area contributed by atoms with Crippen molar-refractivity contribution in [2.24, 2.45) is 5.92 Å². The van der Waals surface area contributed by atoms with Crippen LogP contribution in [0, 0.1) is 5.92 Å². The molecule has 25 heavy (non-hydrogen) atoms. The number of carbonyl (C=O) groups is 1. The number of nitrogens with zero attached hydrogens (tertiary/aromatic N) is 2. The van der Waals surface area contributed by atoms with E-state index in [4.69, 9.17) is 14.2 Å². The zero-order valence-electron chi connectivity index (χ0n) is 14.6. The first kappa shape index (κ1) is 16.6. The highest BCUT2D eigenvalue weighted by Crippen LogP contribution is 2.46. The number of carbonyl (C=O) groups excluding carboxylic acids is 1. The Hall–Kier alpha value is -1.83. The summed E-state index contributed by atoms with van der Waals surface area (Å²) in [4.78, 5) is 17.0. The first-order valence-corrected chi connectivity index (χ1v) is 8.73. The van der Waals surface area contributed by atoms with Crippen molar-refractivity contribution in [1.29, 1.82) is 0 Å². The fourth-order valence-electron chi connectivity index (χ4n) is 4.43. The molecular weight excluding hydrogens is 324 g/mol. The quantitative estimate of drug-likeness (QED) is 0.885. The number of fused-ring (bicyclic) bond motifs is 3. The maximum atomic E-state index is 13.4. The summed E-state index contributed by atoms with van der Waals surface area (Å²) in [5, 5.41) is 10.6. The average molecular weight is 348 g/mol. The molecule has 0 aliphatic carbocycles. The Morgan fingerprint density at radius 2 is 2.08 bits per heavy atom. The summed E-state index contributed by atoms with van der Waals surface area (Å²) in [5.41, 5.74) is -0.506. The van der Waals surface area contributed by atoms with E-state index in [1.165, 1.54) is 12.0 Å². The Kier molecular flexibility index (Phi) is 4.10. The summed E-state index contributed by atoms with van der Waals surface area (Å²) in [5.74, 6) is 1.02. The fraction of sp³-hybridized carbons (Fsp3) is 0.611. The smallest absolute Gasteiger partial charge is 0.265 e. The molecule has 7 heteroatoms. The lowest BCUT2D eigenvalue weighted by Crippen LogP contribution is -2.57. The predicted molar refractivity (Wildman–Crippen MR) is 90.6 cm³/mol. The number of ether oxygens (including phenoxy) is 3. The molecule has 1 spiro atoms. The molecular formula is C18H24N2O5. The van der Waals surface area contributed by atoms with E-state index < -0.39 is 12.0 Å². The van der Waals surface area contributed by atoms with E-state index in [0.717, 1.165) is 32.4 Å². The number of aliphatic hydroxyl groups excluding tert-OH is 1. The van der Waals surface area contributed by atoms with Crippen LogP contribution in [0.15, 0.2) is 18.2 Å². The molecule has 4 fully saturated rings. The number of piperidine rings is 1. The maximum Gasteiger partial charge on any atom is 0.265 e. The van der Waals surface area contributed by atoms with Gasteiger partial charge in [0.1, 0.15) is 11.5 Å². The van der Waals surface area contributed by atoms with Crippen molar-refractivity contribution in [3.8, 4) is 11.5 Å². The van der Waals surface area contributed by atoms with Gasteiger partial charge in [0.15, 0.2) is 5.60 Å². The van der Waals surface area contributed by atoms with Gasteiger partial charge in [-0.25, -0.2) is 0 Å². The zero-order valence-corrected chi connectivity index (χ0v) is 14.6. The van der Waals surface area contributed by atoms with E-state index in [-0.39, 0.29) is 11.8 Å². The van der Waals surface area contributed by atoms with Crippen LogP contribution in [-0.4, -0.2) is 61.8 Å². The Balaban J connectivity index is 1.74. The number of rotatable bonds is 3. The lowest BCUT2D eigenvalue weighted by atomic mass is 9.79. The van der Waals surface area contributed by atoms with Gasteiger partial charge in [0.25, 0.3) is 5.91 Å². The van der Waals surface area contributed by atoms with Gasteiger partial charge >= 0.3 is 0 Å². The van der Waals surface area contributed by atoms with E-state index in [2.05, 4.69) is 4.90 Å². The molecule has 1 aromatic carbocycles. The molecule has 5 rings (SSSR count). The molecule has 4 aliphatic rings. The summed E-state index contributed by atoms with van der Waals surface area (Å²) in [6.07, 6.45) is 1.59. The zero-order chi connectivity index (χ0) is 17.6. The number of aliphatic hydroxyl groups is 1. The average Bonchev–Trinajstić information content (AvgIpc) is 2.83. The van der Waals surface area contributed by atoms with Gasteiger partial charge in [-0.05, 0) is 50.4 Å². The van der Waals surface area contributed by atoms with Crippen LogP contribution in [0.1, 0.15) is 19.3 Å². The van der Waals surface area contributed by atoms with Crippen LogP contribution in [0.2, 0.25) is 0 Å². The molecule has 4 saturated heterocycles. The lowest BCUT2D eigenvalue weighted by molar-refractivity contribution is -0.178. The summed E-state index contributed by atoms with van der Waals surface area (Å²) < 4.78 is 16.6. The van der Waals surface area contributed by atoms with Gasteiger partial charge < -0.3 is 19.3 Å². The largest absolute Gasteiger partial charge is 0.497 e. The lowest BCUT2D eigenvalue weighted by Gasteiger charge is -2.40. The van der Waals surface area contributed by atoms with Crippen LogP contribution in [-0.2, 0) is 9.53 Å². The van der Waals surface area contributed by atoms with E-state index in [1.54, 1.807) is 25.3 Å². The Labute approximate surface area is 147 Å². The third-order valence-electron chi connectivity index (χ3n) is 5.70. The highest BCUT2D eigenvalue weighted by atomic mass is 16.7. The Morgan fingerprint density at radius 3 is 2.84 bits per heavy atom. The molecule has 4 aliphatic heterocycles. The predicted octanol–water partition coefficient (Wildman–Crippen LogP) is 1.20. The van der Waals surface area contributed by atoms with Crippen molar-refractivity contribution in [2.45, 2.75) is 31.3 Å². The fourth-order valence-corrected chi connectivity index (χ4v) is 4.43. The topological polar surface area (TPSA) is 71.5 Å². The van der Waals surface area contributed by atoms with Gasteiger partial charge in [-0.1, -0.05) is 0 Å². The Bertz CT molecular complexity index is 677. The molecule has 1 aromatic rings. The second kappa shape index (κ2) is 6.16. The number of amides is 1. The maximum absolute atomic E-state index is 13.4. The SMILES string of the molecule is COc1ccc(OC)c(N2C(=O)C3(CN4CCCC3CC4)OC2O)c1. The minimum absolute atomic E-state index is 0.134. The minimum Gasteiger partial charge on any atom is -0.497 e. The van der Waals surface area contributed by atoms with Crippen molar-refractivity contribution in [3.63, 3.8) is 0 Å². The molecule has 1 amide bonds. The van der Waals surface area contributed by atoms with Crippen LogP contribution in [0.3, 0.4) is 0 Å². The molecule has 4 heterocycles. The highest BCUT2D eigenvalue weighted by Gasteiger charge is 2.60. The van der Waals surface area contributed by atoms with Crippen LogP contribution < -0.4 is 14.4 Å². The van der Waals surface area contributed by atoms with Crippen molar-refractivity contribution < 1.29 is 24.1 Å². The molecule has 0 saturated carbocycles. The van der Waals surface area contributed by atoms with E-state index in [9.17, 15) is 9.90 Å². The van der Waals surface area contributed by atoms with Gasteiger partial charge in [-0.2, -0.15) is 0 Å². The standard InChI is InChI=1S/C18H24N2O5/c1-23-13-5-6-15(24-2)14(10-13)20-16(21)18(25-17(20)22)11-19-8-3-4-12(18)7-9-19/h5-6,10,12,17,22H,3-4,7-9,11H2,1-2H3. The summed E-state index contributed by atoms with van der Waals surface area (Å²) in [7, 11) is 3.09. The first-order valence-electron chi connectivity index (χ1n) is 8.73. The van der Waals surface area contributed by atoms with Gasteiger partial charge in [0.2, 0.25) is 6.41 Å². The molecule has 1 N–H and O–H groups in total. The second-order valence-corrected chi connectivity index (χ2v) is 6.95. The number of hydrogen-bond donors (Lipinski definition) is 1. The summed E-state index contributed by atoms with van der Waals surface area (Å²) >= 11 is 0. The second-order valence-electron chi connectivity index (χ2n) is 6.95. The van der Waals surface area contributed by atoms with Crippen LogP contribution in [0.25, 0.3) is 0 Å². The molecule has 7 nitrogen and oxygen atoms in total. The summed E-state index contributed by atoms with van der Waals surface area (Å²) in [6.45, 7) is 2.51. The van der Waals surface area contributed by atoms with Gasteiger partial charge in [-0.15, -0.1) is 0 Å². The molecule has 4 atom stereocenters. The minimum atomic E-state index is -1.32. The third-order valence-corrected chi connectivity index (χ3v) is 5.70. The normalized spacial score (nSPS) is 34.4. The molecule has 0 aromatic heterocycles. The molecule has 4 unspecified atom stereocenters. The Morgan fingerprint density at radius 1 is 1.24 bits per heavy atom. The van der Waals surface area contributed by atoms with Crippen molar-refractivity contribution >= 4 is 11.6 Å². The van der Waals surface area contributed by atoms with Crippen molar-refractivity contribution in [3.05, 3.63) is 18.2 Å². The van der Waals surface area contributed by atoms with Crippen LogP contribution in [0.4, 0.5) is 5.69 Å². The number of anilines is 1. The first-order chi connectivity index (χ1) is 12.1. The molecule has 0 radical (unpaired) electrons. The van der Waals surface area contributed by atoms with E-state index in [0.29, 0.717) is 23.7 Å². The number of methoxy groups -OCH3 is 2. The van der Waals surface area contributed by atoms with Gasteiger partial charge in [-0.3, -0.25) is 14.6 Å². The van der Waals surface area contributed by atoms with E-state index >= 15 is 0 Å². The van der Waals surface area contributed by atoms with Crippen LogP contribution >= 0.6 is 0 Å². The highest BCUT2D eigenvalue weighted by molar-refractivity contribution is 6.03. The molecule has 136 valence electrons. The van der Waals surface area contributed by atoms with E-state index in [1.807, 2.05) is 0 Å². The number of benzene rings is 1. The van der Waals surface area contributed by atoms with Crippen LogP contribution in [0.5, 0.6) is 11.5 Å². The van der Waals surface area contributed by atoms with Gasteiger partial charge in [0, 0.05) is 12.6 Å². The molecule has 2 bridgehead atoms. The third kappa shape index (κ3) is 2.49. The number of hydrogen-bond acceptors (Lipinski definition) is 6.